The summed E-state index contributed by atoms with van der Waals surface area (Å²) in [5.74, 6) is 0. The van der Waals surface area contributed by atoms with E-state index >= 15 is 0 Å². The summed E-state index contributed by atoms with van der Waals surface area (Å²) in [4.78, 5) is 0. The summed E-state index contributed by atoms with van der Waals surface area (Å²) in [6, 6.07) is 53.8. The van der Waals surface area contributed by atoms with Crippen LogP contribution < -0.4 is 0 Å². The van der Waals surface area contributed by atoms with Crippen molar-refractivity contribution < 1.29 is 0 Å². The monoisotopic (exact) mass is 574 g/mol. The molecule has 0 saturated carbocycles. The van der Waals surface area contributed by atoms with E-state index in [1.165, 1.54) is 88.0 Å². The van der Waals surface area contributed by atoms with Crippen LogP contribution in [0.2, 0.25) is 0 Å². The molecule has 10 rings (SSSR count). The van der Waals surface area contributed by atoms with Crippen LogP contribution in [0.3, 0.4) is 0 Å². The van der Waals surface area contributed by atoms with Crippen LogP contribution in [0.15, 0.2) is 146 Å². The van der Waals surface area contributed by atoms with Crippen LogP contribution in [0.1, 0.15) is 25.0 Å². The van der Waals surface area contributed by atoms with Gasteiger partial charge >= 0.3 is 0 Å². The molecule has 0 saturated heterocycles. The molecule has 1 aliphatic rings. The highest BCUT2D eigenvalue weighted by molar-refractivity contribution is 6.22. The van der Waals surface area contributed by atoms with Gasteiger partial charge in [-0.25, -0.2) is 0 Å². The first-order valence-corrected chi connectivity index (χ1v) is 15.8. The van der Waals surface area contributed by atoms with Crippen molar-refractivity contribution in [2.45, 2.75) is 19.3 Å². The molecular weight excluding hydrogens is 544 g/mol. The molecule has 0 amide bonds. The van der Waals surface area contributed by atoms with Crippen LogP contribution >= 0.6 is 0 Å². The average Bonchev–Trinajstić information content (AvgIpc) is 3.68. The van der Waals surface area contributed by atoms with E-state index in [2.05, 4.69) is 169 Å². The second-order valence-corrected chi connectivity index (χ2v) is 13.0. The Morgan fingerprint density at radius 2 is 1.04 bits per heavy atom. The highest BCUT2D eigenvalue weighted by Crippen LogP contribution is 2.51. The summed E-state index contributed by atoms with van der Waals surface area (Å²) in [5, 5.41) is 7.74. The van der Waals surface area contributed by atoms with Crippen LogP contribution in [0.25, 0.3) is 76.9 Å². The van der Waals surface area contributed by atoms with Crippen molar-refractivity contribution in [1.29, 1.82) is 0 Å². The van der Waals surface area contributed by atoms with E-state index in [0.29, 0.717) is 0 Å². The summed E-state index contributed by atoms with van der Waals surface area (Å²) in [6.45, 7) is 4.72. The standard InChI is InChI=1S/C43H30N2/c1-43(2)36-17-9-6-14-30(36)34-26-33-27(24-37(34)43)20-22-41-42(33)32-16-8-11-19-39(32)45(41)29-21-23-40-35(25-29)31-15-7-10-18-38(31)44(40)28-12-4-3-5-13-28/h3-26H,1-2H3. The molecule has 1 aliphatic carbocycles. The van der Waals surface area contributed by atoms with E-state index in [1.807, 2.05) is 0 Å². The molecule has 212 valence electrons. The topological polar surface area (TPSA) is 9.86 Å². The predicted octanol–water partition coefficient (Wildman–Crippen LogP) is 11.3. The molecule has 0 atom stereocenters. The Bertz CT molecular complexity index is 2670. The maximum absolute atomic E-state index is 2.47. The predicted molar refractivity (Wildman–Crippen MR) is 190 cm³/mol. The second kappa shape index (κ2) is 8.74. The molecule has 2 aromatic heterocycles. The number of benzene rings is 7. The lowest BCUT2D eigenvalue weighted by Crippen LogP contribution is -2.14. The Kier molecular flexibility index (Phi) is 4.82. The molecular formula is C43H30N2. The fourth-order valence-electron chi connectivity index (χ4n) is 8.22. The zero-order chi connectivity index (χ0) is 29.9. The number of rotatable bonds is 2. The molecule has 0 fully saturated rings. The second-order valence-electron chi connectivity index (χ2n) is 13.0. The van der Waals surface area contributed by atoms with Crippen molar-refractivity contribution in [3.8, 4) is 22.5 Å². The molecule has 7 aromatic carbocycles. The molecule has 2 nitrogen and oxygen atoms in total. The van der Waals surface area contributed by atoms with Gasteiger partial charge in [-0.3, -0.25) is 0 Å². The lowest BCUT2D eigenvalue weighted by atomic mass is 9.82. The fourth-order valence-corrected chi connectivity index (χ4v) is 8.22. The molecule has 0 radical (unpaired) electrons. The normalized spacial score (nSPS) is 13.7. The first-order valence-electron chi connectivity index (χ1n) is 15.8. The smallest absolute Gasteiger partial charge is 0.0547 e. The summed E-state index contributed by atoms with van der Waals surface area (Å²) >= 11 is 0. The first-order chi connectivity index (χ1) is 22.1. The zero-order valence-corrected chi connectivity index (χ0v) is 25.3. The largest absolute Gasteiger partial charge is 0.309 e. The number of para-hydroxylation sites is 3. The third-order valence-electron chi connectivity index (χ3n) is 10.3. The van der Waals surface area contributed by atoms with Gasteiger partial charge in [0.05, 0.1) is 22.1 Å². The van der Waals surface area contributed by atoms with E-state index in [9.17, 15) is 0 Å². The molecule has 9 aromatic rings. The molecule has 2 heteroatoms. The summed E-state index contributed by atoms with van der Waals surface area (Å²) < 4.78 is 4.84. The van der Waals surface area contributed by atoms with Gasteiger partial charge in [-0.15, -0.1) is 0 Å². The maximum Gasteiger partial charge on any atom is 0.0547 e. The maximum atomic E-state index is 2.47. The Labute approximate surface area is 261 Å². The molecule has 2 heterocycles. The van der Waals surface area contributed by atoms with Crippen LogP contribution in [0, 0.1) is 0 Å². The molecule has 45 heavy (non-hydrogen) atoms. The summed E-state index contributed by atoms with van der Waals surface area (Å²) in [6.07, 6.45) is 0. The highest BCUT2D eigenvalue weighted by atomic mass is 15.0. The van der Waals surface area contributed by atoms with Crippen LogP contribution in [0.4, 0.5) is 0 Å². The zero-order valence-electron chi connectivity index (χ0n) is 25.3. The number of aromatic nitrogens is 2. The van der Waals surface area contributed by atoms with Crippen molar-refractivity contribution in [2.75, 3.05) is 0 Å². The molecule has 0 N–H and O–H groups in total. The summed E-state index contributed by atoms with van der Waals surface area (Å²) in [5.41, 5.74) is 12.8. The fraction of sp³-hybridized carbons (Fsp3) is 0.0698. The van der Waals surface area contributed by atoms with Gasteiger partial charge in [0, 0.05) is 38.3 Å². The molecule has 0 spiro atoms. The van der Waals surface area contributed by atoms with Gasteiger partial charge in [0.1, 0.15) is 0 Å². The Hall–Kier alpha value is -5.60. The lowest BCUT2D eigenvalue weighted by molar-refractivity contribution is 0.661. The number of hydrogen-bond acceptors (Lipinski definition) is 0. The lowest BCUT2D eigenvalue weighted by Gasteiger charge is -2.21. The van der Waals surface area contributed by atoms with Gasteiger partial charge in [0.15, 0.2) is 0 Å². The SMILES string of the molecule is CC1(C)c2ccccc2-c2cc3c(ccc4c3c3ccccc3n4-c3ccc4c(c3)c3ccccc3n4-c3ccccc3)cc21. The Morgan fingerprint density at radius 1 is 0.400 bits per heavy atom. The number of fused-ring (bicyclic) bond motifs is 11. The van der Waals surface area contributed by atoms with Crippen molar-refractivity contribution in [3.05, 3.63) is 157 Å². The minimum Gasteiger partial charge on any atom is -0.309 e. The van der Waals surface area contributed by atoms with Crippen LogP contribution in [-0.2, 0) is 5.41 Å². The minimum atomic E-state index is -0.0165. The van der Waals surface area contributed by atoms with Gasteiger partial charge in [0.25, 0.3) is 0 Å². The van der Waals surface area contributed by atoms with Gasteiger partial charge < -0.3 is 9.13 Å². The van der Waals surface area contributed by atoms with E-state index in [1.54, 1.807) is 0 Å². The van der Waals surface area contributed by atoms with Crippen LogP contribution in [0.5, 0.6) is 0 Å². The third kappa shape index (κ3) is 3.24. The van der Waals surface area contributed by atoms with E-state index in [4.69, 9.17) is 0 Å². The first kappa shape index (κ1) is 24.8. The van der Waals surface area contributed by atoms with Crippen molar-refractivity contribution in [3.63, 3.8) is 0 Å². The number of nitrogens with zero attached hydrogens (tertiary/aromatic N) is 2. The van der Waals surface area contributed by atoms with E-state index in [0.717, 1.165) is 0 Å². The van der Waals surface area contributed by atoms with Crippen molar-refractivity contribution in [2.24, 2.45) is 0 Å². The quantitative estimate of drug-likeness (QED) is 0.194. The van der Waals surface area contributed by atoms with Crippen molar-refractivity contribution in [1.82, 2.24) is 9.13 Å². The summed E-state index contributed by atoms with van der Waals surface area (Å²) in [7, 11) is 0. The average molecular weight is 575 g/mol. The minimum absolute atomic E-state index is 0.0165. The number of hydrogen-bond donors (Lipinski definition) is 0. The van der Waals surface area contributed by atoms with Gasteiger partial charge in [-0.2, -0.15) is 0 Å². The van der Waals surface area contributed by atoms with Gasteiger partial charge in [0.2, 0.25) is 0 Å². The Balaban J connectivity index is 1.28. The van der Waals surface area contributed by atoms with Gasteiger partial charge in [-0.05, 0) is 93.7 Å². The Morgan fingerprint density at radius 3 is 1.89 bits per heavy atom. The molecule has 0 bridgehead atoms. The molecule has 0 aliphatic heterocycles. The third-order valence-corrected chi connectivity index (χ3v) is 10.3. The molecule has 0 unspecified atom stereocenters. The van der Waals surface area contributed by atoms with Crippen LogP contribution in [-0.4, -0.2) is 9.13 Å². The van der Waals surface area contributed by atoms with Gasteiger partial charge in [-0.1, -0.05) is 98.8 Å². The highest BCUT2D eigenvalue weighted by Gasteiger charge is 2.35. The van der Waals surface area contributed by atoms with Crippen molar-refractivity contribution >= 4 is 54.4 Å². The van der Waals surface area contributed by atoms with E-state index < -0.39 is 0 Å². The van der Waals surface area contributed by atoms with E-state index in [-0.39, 0.29) is 5.41 Å².